The molecule has 2 heterocycles. The van der Waals surface area contributed by atoms with Crippen molar-refractivity contribution in [2.75, 3.05) is 24.6 Å². The SMILES string of the molecule is CCCCCC[SH]1[C]=NCC1C1=NCCS1. The second-order valence-corrected chi connectivity index (χ2v) is 7.60. The number of hydrogen-bond acceptors (Lipinski definition) is 3. The van der Waals surface area contributed by atoms with Gasteiger partial charge in [0.1, 0.15) is 5.55 Å². The van der Waals surface area contributed by atoms with Crippen molar-refractivity contribution < 1.29 is 0 Å². The van der Waals surface area contributed by atoms with Crippen molar-refractivity contribution in [1.29, 1.82) is 0 Å². The molecule has 0 N–H and O–H groups in total. The Kier molecular flexibility index (Phi) is 5.23. The molecule has 2 aliphatic heterocycles. The quantitative estimate of drug-likeness (QED) is 0.574. The van der Waals surface area contributed by atoms with E-state index in [9.17, 15) is 0 Å². The molecule has 0 aliphatic carbocycles. The van der Waals surface area contributed by atoms with Crippen molar-refractivity contribution in [2.24, 2.45) is 9.98 Å². The van der Waals surface area contributed by atoms with Gasteiger partial charge in [-0.3, -0.25) is 9.98 Å². The van der Waals surface area contributed by atoms with Gasteiger partial charge in [-0.15, -0.1) is 11.8 Å². The summed E-state index contributed by atoms with van der Waals surface area (Å²) in [4.78, 5) is 8.98. The van der Waals surface area contributed by atoms with E-state index in [0.29, 0.717) is 5.25 Å². The molecule has 0 spiro atoms. The lowest BCUT2D eigenvalue weighted by molar-refractivity contribution is 0.706. The molecule has 0 amide bonds. The van der Waals surface area contributed by atoms with Gasteiger partial charge >= 0.3 is 0 Å². The average Bonchev–Trinajstić information content (AvgIpc) is 2.94. The van der Waals surface area contributed by atoms with Crippen molar-refractivity contribution in [3.63, 3.8) is 0 Å². The lowest BCUT2D eigenvalue weighted by Crippen LogP contribution is -2.18. The molecule has 1 radical (unpaired) electrons. The van der Waals surface area contributed by atoms with E-state index in [2.05, 4.69) is 22.5 Å². The Hall–Kier alpha value is 0.0400. The van der Waals surface area contributed by atoms with Crippen molar-refractivity contribution in [1.82, 2.24) is 0 Å². The Labute approximate surface area is 106 Å². The summed E-state index contributed by atoms with van der Waals surface area (Å²) in [5.41, 5.74) is 3.36. The fourth-order valence-electron chi connectivity index (χ4n) is 2.07. The summed E-state index contributed by atoms with van der Waals surface area (Å²) < 4.78 is 0. The van der Waals surface area contributed by atoms with Crippen molar-refractivity contribution >= 4 is 33.2 Å². The van der Waals surface area contributed by atoms with E-state index in [0.717, 1.165) is 13.1 Å². The molecular formula is C12H21N2S2. The van der Waals surface area contributed by atoms with Crippen LogP contribution in [0.25, 0.3) is 0 Å². The fraction of sp³-hybridized carbons (Fsp3) is 0.833. The van der Waals surface area contributed by atoms with Gasteiger partial charge in [0, 0.05) is 12.3 Å². The molecule has 91 valence electrons. The Bertz CT molecular complexity index is 276. The monoisotopic (exact) mass is 257 g/mol. The highest BCUT2D eigenvalue weighted by atomic mass is 32.2. The first-order chi connectivity index (χ1) is 7.92. The van der Waals surface area contributed by atoms with Crippen molar-refractivity contribution in [3.8, 4) is 0 Å². The summed E-state index contributed by atoms with van der Waals surface area (Å²) in [6.07, 6.45) is 5.43. The van der Waals surface area contributed by atoms with E-state index in [1.54, 1.807) is 0 Å². The van der Waals surface area contributed by atoms with Crippen LogP contribution in [0.2, 0.25) is 0 Å². The Morgan fingerprint density at radius 3 is 3.12 bits per heavy atom. The molecule has 0 fully saturated rings. The minimum absolute atomic E-state index is 0.104. The zero-order valence-corrected chi connectivity index (χ0v) is 11.7. The highest BCUT2D eigenvalue weighted by molar-refractivity contribution is 8.31. The van der Waals surface area contributed by atoms with Gasteiger partial charge in [0.15, 0.2) is 0 Å². The predicted octanol–water partition coefficient (Wildman–Crippen LogP) is 3.00. The summed E-state index contributed by atoms with van der Waals surface area (Å²) in [5.74, 6) is 2.51. The summed E-state index contributed by atoms with van der Waals surface area (Å²) in [5, 5.41) is 2.03. The number of thioether (sulfide) groups is 1. The van der Waals surface area contributed by atoms with Crippen LogP contribution in [0, 0.1) is 0 Å². The van der Waals surface area contributed by atoms with Crippen LogP contribution < -0.4 is 0 Å². The van der Waals surface area contributed by atoms with E-state index >= 15 is 0 Å². The molecule has 4 heteroatoms. The molecular weight excluding hydrogens is 236 g/mol. The third kappa shape index (κ3) is 3.27. The lowest BCUT2D eigenvalue weighted by Gasteiger charge is -2.20. The maximum Gasteiger partial charge on any atom is 0.102 e. The van der Waals surface area contributed by atoms with Crippen LogP contribution in [0.4, 0.5) is 0 Å². The topological polar surface area (TPSA) is 24.7 Å². The summed E-state index contributed by atoms with van der Waals surface area (Å²) in [6.45, 7) is 4.25. The van der Waals surface area contributed by atoms with Crippen LogP contribution in [0.5, 0.6) is 0 Å². The van der Waals surface area contributed by atoms with E-state index in [1.165, 1.54) is 42.2 Å². The first kappa shape index (κ1) is 12.5. The van der Waals surface area contributed by atoms with Crippen LogP contribution >= 0.6 is 22.7 Å². The maximum atomic E-state index is 4.61. The molecule has 2 rings (SSSR count). The number of unbranched alkanes of at least 4 members (excludes halogenated alkanes) is 3. The smallest absolute Gasteiger partial charge is 0.102 e. The molecule has 0 aromatic heterocycles. The first-order valence-corrected chi connectivity index (χ1v) is 8.86. The fourth-order valence-corrected chi connectivity index (χ4v) is 5.52. The Morgan fingerprint density at radius 2 is 2.38 bits per heavy atom. The van der Waals surface area contributed by atoms with Crippen molar-refractivity contribution in [3.05, 3.63) is 0 Å². The molecule has 2 nitrogen and oxygen atoms in total. The predicted molar refractivity (Wildman–Crippen MR) is 78.8 cm³/mol. The summed E-state index contributed by atoms with van der Waals surface area (Å²) in [7, 11) is -0.104. The number of nitrogens with zero attached hydrogens (tertiary/aromatic N) is 2. The second-order valence-electron chi connectivity index (χ2n) is 4.28. The molecule has 0 aromatic rings. The molecule has 16 heavy (non-hydrogen) atoms. The third-order valence-corrected chi connectivity index (χ3v) is 6.61. The van der Waals surface area contributed by atoms with Gasteiger partial charge < -0.3 is 0 Å². The van der Waals surface area contributed by atoms with Gasteiger partial charge in [-0.05, 0) is 12.2 Å². The Morgan fingerprint density at radius 1 is 1.44 bits per heavy atom. The van der Waals surface area contributed by atoms with Gasteiger partial charge in [0.2, 0.25) is 0 Å². The standard InChI is InChI=1S/C12H21N2S2/c1-2-3-4-5-8-16-10-13-9-11(16)12-14-6-7-15-12/h11,16H,2-9H2,1H3. The van der Waals surface area contributed by atoms with Crippen LogP contribution in [0.1, 0.15) is 32.6 Å². The minimum Gasteiger partial charge on any atom is -0.281 e. The first-order valence-electron chi connectivity index (χ1n) is 6.27. The molecule has 0 bridgehead atoms. The van der Waals surface area contributed by atoms with Crippen LogP contribution in [-0.4, -0.2) is 40.4 Å². The van der Waals surface area contributed by atoms with E-state index < -0.39 is 0 Å². The van der Waals surface area contributed by atoms with E-state index in [-0.39, 0.29) is 10.9 Å². The number of thiol groups is 1. The summed E-state index contributed by atoms with van der Waals surface area (Å²) >= 11 is 1.95. The molecule has 0 aromatic carbocycles. The van der Waals surface area contributed by atoms with Gasteiger partial charge in [-0.2, -0.15) is 10.9 Å². The third-order valence-electron chi connectivity index (χ3n) is 2.99. The number of hydrogen-bond donors (Lipinski definition) is 1. The van der Waals surface area contributed by atoms with Crippen LogP contribution in [-0.2, 0) is 0 Å². The highest BCUT2D eigenvalue weighted by Gasteiger charge is 2.27. The van der Waals surface area contributed by atoms with Gasteiger partial charge in [-0.25, -0.2) is 0 Å². The zero-order chi connectivity index (χ0) is 11.2. The minimum atomic E-state index is -0.104. The molecule has 2 unspecified atom stereocenters. The summed E-state index contributed by atoms with van der Waals surface area (Å²) in [6, 6.07) is 0. The van der Waals surface area contributed by atoms with Crippen molar-refractivity contribution in [2.45, 2.75) is 37.9 Å². The molecule has 2 aliphatic rings. The molecule has 0 saturated carbocycles. The average molecular weight is 257 g/mol. The number of aliphatic imine (C=N–C) groups is 2. The van der Waals surface area contributed by atoms with Crippen LogP contribution in [0.3, 0.4) is 0 Å². The van der Waals surface area contributed by atoms with Gasteiger partial charge in [0.05, 0.1) is 16.8 Å². The van der Waals surface area contributed by atoms with E-state index in [4.69, 9.17) is 0 Å². The Balaban J connectivity index is 1.76. The van der Waals surface area contributed by atoms with Gasteiger partial charge in [0.25, 0.3) is 0 Å². The van der Waals surface area contributed by atoms with Gasteiger partial charge in [-0.1, -0.05) is 26.2 Å². The highest BCUT2D eigenvalue weighted by Crippen LogP contribution is 2.39. The van der Waals surface area contributed by atoms with E-state index in [1.807, 2.05) is 11.8 Å². The number of rotatable bonds is 6. The lowest BCUT2D eigenvalue weighted by atomic mass is 10.2. The normalized spacial score (nSPS) is 30.9. The molecule has 2 atom stereocenters. The zero-order valence-electron chi connectivity index (χ0n) is 9.98. The second kappa shape index (κ2) is 6.70. The van der Waals surface area contributed by atoms with Crippen LogP contribution in [0.15, 0.2) is 9.98 Å². The largest absolute Gasteiger partial charge is 0.281 e. The maximum absolute atomic E-state index is 4.61. The molecule has 0 saturated heterocycles.